The molecule has 1 aliphatic carbocycles. The lowest BCUT2D eigenvalue weighted by molar-refractivity contribution is -0.163. The zero-order valence-electron chi connectivity index (χ0n) is 11.6. The molecule has 18 heavy (non-hydrogen) atoms. The summed E-state index contributed by atoms with van der Waals surface area (Å²) in [7, 11) is 0. The first-order valence-electron chi connectivity index (χ1n) is 6.90. The Kier molecular flexibility index (Phi) is 6.16. The van der Waals surface area contributed by atoms with E-state index in [1.807, 2.05) is 0 Å². The Hall–Kier alpha value is -1.06. The van der Waals surface area contributed by atoms with Crippen molar-refractivity contribution in [3.05, 3.63) is 0 Å². The molecule has 1 saturated carbocycles. The van der Waals surface area contributed by atoms with Gasteiger partial charge in [0, 0.05) is 6.92 Å². The van der Waals surface area contributed by atoms with Crippen molar-refractivity contribution >= 4 is 11.9 Å². The fourth-order valence-corrected chi connectivity index (χ4v) is 2.67. The summed E-state index contributed by atoms with van der Waals surface area (Å²) in [4.78, 5) is 23.0. The first-order chi connectivity index (χ1) is 8.56. The summed E-state index contributed by atoms with van der Waals surface area (Å²) in [6, 6.07) is 0. The fourth-order valence-electron chi connectivity index (χ4n) is 2.67. The quantitative estimate of drug-likeness (QED) is 0.710. The van der Waals surface area contributed by atoms with Crippen LogP contribution in [0.3, 0.4) is 0 Å². The number of hydrogen-bond acceptors (Lipinski definition) is 4. The van der Waals surface area contributed by atoms with E-state index in [-0.39, 0.29) is 24.0 Å². The third-order valence-corrected chi connectivity index (χ3v) is 3.57. The Morgan fingerprint density at radius 1 is 1.22 bits per heavy atom. The predicted molar refractivity (Wildman–Crippen MR) is 67.9 cm³/mol. The molecule has 0 N–H and O–H groups in total. The Balaban J connectivity index is 2.69. The molecule has 0 amide bonds. The van der Waals surface area contributed by atoms with Gasteiger partial charge in [0.05, 0.1) is 12.5 Å². The molecule has 0 radical (unpaired) electrons. The summed E-state index contributed by atoms with van der Waals surface area (Å²) in [5.41, 5.74) is 0. The molecule has 1 aliphatic rings. The van der Waals surface area contributed by atoms with Gasteiger partial charge < -0.3 is 9.47 Å². The lowest BCUT2D eigenvalue weighted by atomic mass is 9.80. The van der Waals surface area contributed by atoms with Gasteiger partial charge in [-0.3, -0.25) is 9.59 Å². The van der Waals surface area contributed by atoms with Gasteiger partial charge >= 0.3 is 11.9 Å². The molecule has 1 fully saturated rings. The third kappa shape index (κ3) is 4.31. The number of hydrogen-bond donors (Lipinski definition) is 0. The molecule has 0 saturated heterocycles. The molecule has 0 aromatic heterocycles. The van der Waals surface area contributed by atoms with Crippen molar-refractivity contribution in [3.63, 3.8) is 0 Å². The van der Waals surface area contributed by atoms with E-state index in [4.69, 9.17) is 9.47 Å². The average molecular weight is 256 g/mol. The zero-order valence-corrected chi connectivity index (χ0v) is 11.6. The van der Waals surface area contributed by atoms with Crippen LogP contribution in [0.25, 0.3) is 0 Å². The highest BCUT2D eigenvalue weighted by Crippen LogP contribution is 2.32. The van der Waals surface area contributed by atoms with Crippen LogP contribution in [-0.2, 0) is 19.1 Å². The normalized spacial score (nSPS) is 19.9. The van der Waals surface area contributed by atoms with Crippen LogP contribution in [0.1, 0.15) is 52.9 Å². The largest absolute Gasteiger partial charge is 0.466 e. The Labute approximate surface area is 109 Å². The van der Waals surface area contributed by atoms with Crippen molar-refractivity contribution in [1.82, 2.24) is 0 Å². The van der Waals surface area contributed by atoms with Gasteiger partial charge in [-0.1, -0.05) is 19.3 Å². The highest BCUT2D eigenvalue weighted by atomic mass is 16.6. The molecule has 0 aromatic carbocycles. The minimum absolute atomic E-state index is 0.269. The van der Waals surface area contributed by atoms with Crippen LogP contribution in [0.15, 0.2) is 0 Å². The van der Waals surface area contributed by atoms with E-state index in [0.717, 1.165) is 25.7 Å². The van der Waals surface area contributed by atoms with E-state index in [0.29, 0.717) is 12.5 Å². The van der Waals surface area contributed by atoms with Gasteiger partial charge in [-0.2, -0.15) is 0 Å². The smallest absolute Gasteiger partial charge is 0.312 e. The maximum absolute atomic E-state index is 11.8. The summed E-state index contributed by atoms with van der Waals surface area (Å²) in [5, 5.41) is 0. The Morgan fingerprint density at radius 2 is 1.83 bits per heavy atom. The minimum atomic E-state index is -0.378. The number of ether oxygens (including phenoxy) is 2. The van der Waals surface area contributed by atoms with Crippen molar-refractivity contribution in [2.45, 2.75) is 59.0 Å². The maximum Gasteiger partial charge on any atom is 0.312 e. The number of esters is 2. The molecular formula is C14H24O4. The van der Waals surface area contributed by atoms with Gasteiger partial charge in [0.25, 0.3) is 0 Å². The van der Waals surface area contributed by atoms with Crippen molar-refractivity contribution in [3.8, 4) is 0 Å². The van der Waals surface area contributed by atoms with Crippen molar-refractivity contribution in [2.75, 3.05) is 6.61 Å². The fraction of sp³-hybridized carbons (Fsp3) is 0.857. The molecule has 4 heteroatoms. The van der Waals surface area contributed by atoms with E-state index < -0.39 is 0 Å². The second-order valence-corrected chi connectivity index (χ2v) is 5.01. The van der Waals surface area contributed by atoms with Crippen LogP contribution in [0.5, 0.6) is 0 Å². The second kappa shape index (κ2) is 7.39. The molecular weight excluding hydrogens is 232 g/mol. The molecule has 0 aromatic rings. The number of carbonyl (C=O) groups is 2. The topological polar surface area (TPSA) is 52.6 Å². The van der Waals surface area contributed by atoms with E-state index in [1.165, 1.54) is 13.3 Å². The van der Waals surface area contributed by atoms with Crippen LogP contribution in [0, 0.1) is 11.8 Å². The van der Waals surface area contributed by atoms with Gasteiger partial charge in [0.1, 0.15) is 6.10 Å². The van der Waals surface area contributed by atoms with E-state index in [1.54, 1.807) is 13.8 Å². The van der Waals surface area contributed by atoms with Crippen LogP contribution in [0.2, 0.25) is 0 Å². The predicted octanol–water partition coefficient (Wildman–Crippen LogP) is 2.70. The Bertz CT molecular complexity index is 282. The van der Waals surface area contributed by atoms with Gasteiger partial charge in [0.2, 0.25) is 0 Å². The first kappa shape index (κ1) is 15.0. The van der Waals surface area contributed by atoms with Crippen molar-refractivity contribution < 1.29 is 19.1 Å². The molecule has 0 heterocycles. The van der Waals surface area contributed by atoms with Crippen LogP contribution < -0.4 is 0 Å². The van der Waals surface area contributed by atoms with Crippen molar-refractivity contribution in [1.29, 1.82) is 0 Å². The maximum atomic E-state index is 11.8. The van der Waals surface area contributed by atoms with E-state index >= 15 is 0 Å². The highest BCUT2D eigenvalue weighted by molar-refractivity contribution is 5.73. The SMILES string of the molecule is CCOC(=O)C(C)C(OC(C)=O)C1CCCCC1. The molecule has 104 valence electrons. The third-order valence-electron chi connectivity index (χ3n) is 3.57. The van der Waals surface area contributed by atoms with E-state index in [9.17, 15) is 9.59 Å². The number of rotatable bonds is 5. The molecule has 2 atom stereocenters. The van der Waals surface area contributed by atoms with Crippen LogP contribution in [0.4, 0.5) is 0 Å². The lowest BCUT2D eigenvalue weighted by Crippen LogP contribution is -2.38. The standard InChI is InChI=1S/C14H24O4/c1-4-17-14(16)10(2)13(18-11(3)15)12-8-6-5-7-9-12/h10,12-13H,4-9H2,1-3H3. The number of carbonyl (C=O) groups excluding carboxylic acids is 2. The van der Waals surface area contributed by atoms with Gasteiger partial charge in [-0.25, -0.2) is 0 Å². The monoisotopic (exact) mass is 256 g/mol. The summed E-state index contributed by atoms with van der Waals surface area (Å²) < 4.78 is 10.4. The zero-order chi connectivity index (χ0) is 13.5. The second-order valence-electron chi connectivity index (χ2n) is 5.01. The minimum Gasteiger partial charge on any atom is -0.466 e. The molecule has 2 unspecified atom stereocenters. The lowest BCUT2D eigenvalue weighted by Gasteiger charge is -2.32. The molecule has 0 bridgehead atoms. The summed E-state index contributed by atoms with van der Waals surface area (Å²) in [5.74, 6) is -0.671. The van der Waals surface area contributed by atoms with Gasteiger partial charge in [-0.15, -0.1) is 0 Å². The highest BCUT2D eigenvalue weighted by Gasteiger charge is 2.35. The molecule has 0 spiro atoms. The first-order valence-corrected chi connectivity index (χ1v) is 6.90. The molecule has 4 nitrogen and oxygen atoms in total. The molecule has 1 rings (SSSR count). The van der Waals surface area contributed by atoms with Gasteiger partial charge in [-0.05, 0) is 32.6 Å². The molecule has 0 aliphatic heterocycles. The summed E-state index contributed by atoms with van der Waals surface area (Å²) in [6.07, 6.45) is 5.26. The Morgan fingerprint density at radius 3 is 2.33 bits per heavy atom. The van der Waals surface area contributed by atoms with Gasteiger partial charge in [0.15, 0.2) is 0 Å². The van der Waals surface area contributed by atoms with Crippen LogP contribution in [-0.4, -0.2) is 24.6 Å². The summed E-state index contributed by atoms with van der Waals surface area (Å²) in [6.45, 7) is 5.33. The summed E-state index contributed by atoms with van der Waals surface area (Å²) >= 11 is 0. The van der Waals surface area contributed by atoms with Crippen LogP contribution >= 0.6 is 0 Å². The van der Waals surface area contributed by atoms with E-state index in [2.05, 4.69) is 0 Å². The van der Waals surface area contributed by atoms with Crippen molar-refractivity contribution in [2.24, 2.45) is 11.8 Å². The average Bonchev–Trinajstić information content (AvgIpc) is 2.36.